The molecule has 2 amide bonds. The van der Waals surface area contributed by atoms with Crippen molar-refractivity contribution in [2.75, 3.05) is 24.7 Å². The van der Waals surface area contributed by atoms with Crippen LogP contribution in [0.25, 0.3) is 0 Å². The second kappa shape index (κ2) is 6.60. The van der Waals surface area contributed by atoms with Crippen LogP contribution in [0.2, 0.25) is 0 Å². The van der Waals surface area contributed by atoms with Crippen LogP contribution in [-0.2, 0) is 19.3 Å². The molecule has 0 radical (unpaired) electrons. The number of amides is 2. The molecule has 110 valence electrons. The fraction of sp³-hybridized carbons (Fsp3) is 0.800. The van der Waals surface area contributed by atoms with Crippen LogP contribution in [0.15, 0.2) is 0 Å². The van der Waals surface area contributed by atoms with Crippen LogP contribution in [-0.4, -0.2) is 57.4 Å². The van der Waals surface area contributed by atoms with Gasteiger partial charge in [-0.3, -0.25) is 0 Å². The van der Waals surface area contributed by atoms with Crippen LogP contribution in [0, 0.1) is 0 Å². The van der Waals surface area contributed by atoms with E-state index in [1.807, 2.05) is 0 Å². The highest BCUT2D eigenvalue weighted by Crippen LogP contribution is 2.13. The van der Waals surface area contributed by atoms with Crippen molar-refractivity contribution in [3.8, 4) is 0 Å². The van der Waals surface area contributed by atoms with Gasteiger partial charge >= 0.3 is 12.2 Å². The molecule has 1 heterocycles. The summed E-state index contributed by atoms with van der Waals surface area (Å²) in [5.74, 6) is -0.466. The summed E-state index contributed by atoms with van der Waals surface area (Å²) >= 11 is 0. The predicted octanol–water partition coefficient (Wildman–Crippen LogP) is -0.356. The number of ether oxygens (including phenoxy) is 2. The summed E-state index contributed by atoms with van der Waals surface area (Å²) in [6.07, 6.45) is -1.42. The Labute approximate surface area is 111 Å². The first-order chi connectivity index (χ1) is 8.88. The van der Waals surface area contributed by atoms with Crippen LogP contribution in [0.4, 0.5) is 9.59 Å². The molecule has 0 aromatic carbocycles. The van der Waals surface area contributed by atoms with Gasteiger partial charge in [0, 0.05) is 0 Å². The first-order valence-electron chi connectivity index (χ1n) is 5.95. The van der Waals surface area contributed by atoms with Crippen molar-refractivity contribution in [2.45, 2.75) is 25.9 Å². The summed E-state index contributed by atoms with van der Waals surface area (Å²) in [7, 11) is -3.31. The van der Waals surface area contributed by atoms with E-state index in [0.29, 0.717) is 0 Å². The second-order valence-corrected chi connectivity index (χ2v) is 6.17. The number of carbonyl (C=O) groups excluding carboxylic acids is 2. The van der Waals surface area contributed by atoms with E-state index in [1.54, 1.807) is 13.8 Å². The Morgan fingerprint density at radius 1 is 1.00 bits per heavy atom. The van der Waals surface area contributed by atoms with Gasteiger partial charge in [-0.15, -0.1) is 0 Å². The van der Waals surface area contributed by atoms with Crippen LogP contribution in [0.5, 0.6) is 0 Å². The van der Waals surface area contributed by atoms with E-state index in [4.69, 9.17) is 0 Å². The number of hydrogen-bond donors (Lipinski definition) is 2. The molecule has 2 N–H and O–H groups in total. The molecule has 9 heteroatoms. The second-order valence-electron chi connectivity index (χ2n) is 4.02. The van der Waals surface area contributed by atoms with Gasteiger partial charge in [-0.25, -0.2) is 18.0 Å². The van der Waals surface area contributed by atoms with Gasteiger partial charge in [0.05, 0.1) is 36.8 Å². The van der Waals surface area contributed by atoms with E-state index in [9.17, 15) is 18.0 Å². The molecule has 8 nitrogen and oxygen atoms in total. The SMILES string of the molecule is CCOC(=O)NC1CS(=O)(=O)CC1NC(=O)OCC. The highest BCUT2D eigenvalue weighted by molar-refractivity contribution is 7.91. The van der Waals surface area contributed by atoms with E-state index in [0.717, 1.165) is 0 Å². The maximum absolute atomic E-state index is 11.5. The van der Waals surface area contributed by atoms with Gasteiger partial charge in [0.25, 0.3) is 0 Å². The van der Waals surface area contributed by atoms with Crippen molar-refractivity contribution < 1.29 is 27.5 Å². The first kappa shape index (κ1) is 15.5. The van der Waals surface area contributed by atoms with Crippen molar-refractivity contribution in [3.63, 3.8) is 0 Å². The van der Waals surface area contributed by atoms with Crippen LogP contribution < -0.4 is 10.6 Å². The average molecular weight is 294 g/mol. The van der Waals surface area contributed by atoms with Crippen LogP contribution in [0.3, 0.4) is 0 Å². The van der Waals surface area contributed by atoms with E-state index in [-0.39, 0.29) is 24.7 Å². The Morgan fingerprint density at radius 2 is 1.37 bits per heavy atom. The molecule has 1 aliphatic heterocycles. The molecule has 0 saturated carbocycles. The van der Waals surface area contributed by atoms with Gasteiger partial charge in [0.15, 0.2) is 9.84 Å². The molecule has 1 fully saturated rings. The van der Waals surface area contributed by atoms with Crippen LogP contribution in [0.1, 0.15) is 13.8 Å². The van der Waals surface area contributed by atoms with Gasteiger partial charge in [0.2, 0.25) is 0 Å². The smallest absolute Gasteiger partial charge is 0.407 e. The number of rotatable bonds is 4. The summed E-state index contributed by atoms with van der Waals surface area (Å²) < 4.78 is 32.5. The quantitative estimate of drug-likeness (QED) is 0.733. The fourth-order valence-electron chi connectivity index (χ4n) is 1.78. The van der Waals surface area contributed by atoms with Crippen molar-refractivity contribution in [3.05, 3.63) is 0 Å². The molecule has 2 unspecified atom stereocenters. The molecule has 0 aromatic heterocycles. The Kier molecular flexibility index (Phi) is 5.40. The minimum atomic E-state index is -3.31. The molecular weight excluding hydrogens is 276 g/mol. The third-order valence-electron chi connectivity index (χ3n) is 2.51. The zero-order valence-corrected chi connectivity index (χ0v) is 11.7. The van der Waals surface area contributed by atoms with Gasteiger partial charge in [-0.05, 0) is 13.8 Å². The monoisotopic (exact) mass is 294 g/mol. The summed E-state index contributed by atoms with van der Waals surface area (Å²) in [4.78, 5) is 22.6. The highest BCUT2D eigenvalue weighted by atomic mass is 32.2. The molecule has 2 atom stereocenters. The van der Waals surface area contributed by atoms with E-state index in [2.05, 4.69) is 20.1 Å². The Morgan fingerprint density at radius 3 is 1.68 bits per heavy atom. The summed E-state index contributed by atoms with van der Waals surface area (Å²) in [5.41, 5.74) is 0. The van der Waals surface area contributed by atoms with Crippen molar-refractivity contribution in [2.24, 2.45) is 0 Å². The number of alkyl carbamates (subject to hydrolysis) is 2. The minimum absolute atomic E-state index is 0.182. The van der Waals surface area contributed by atoms with Gasteiger partial charge < -0.3 is 20.1 Å². The molecule has 1 saturated heterocycles. The largest absolute Gasteiger partial charge is 0.450 e. The third-order valence-corrected chi connectivity index (χ3v) is 4.24. The lowest BCUT2D eigenvalue weighted by molar-refractivity contribution is 0.139. The minimum Gasteiger partial charge on any atom is -0.450 e. The van der Waals surface area contributed by atoms with E-state index < -0.39 is 34.1 Å². The molecule has 0 aliphatic carbocycles. The lowest BCUT2D eigenvalue weighted by Crippen LogP contribution is -2.51. The zero-order chi connectivity index (χ0) is 14.5. The topological polar surface area (TPSA) is 111 Å². The maximum atomic E-state index is 11.5. The normalized spacial score (nSPS) is 24.5. The molecule has 1 rings (SSSR count). The maximum Gasteiger partial charge on any atom is 0.407 e. The number of hydrogen-bond acceptors (Lipinski definition) is 6. The average Bonchev–Trinajstić information content (AvgIpc) is 2.53. The lowest BCUT2D eigenvalue weighted by atomic mass is 10.2. The van der Waals surface area contributed by atoms with Crippen molar-refractivity contribution >= 4 is 22.0 Å². The van der Waals surface area contributed by atoms with Gasteiger partial charge in [-0.2, -0.15) is 0 Å². The van der Waals surface area contributed by atoms with Gasteiger partial charge in [0.1, 0.15) is 0 Å². The van der Waals surface area contributed by atoms with Gasteiger partial charge in [-0.1, -0.05) is 0 Å². The molecular formula is C10H18N2O6S. The molecule has 0 bridgehead atoms. The van der Waals surface area contributed by atoms with E-state index in [1.165, 1.54) is 0 Å². The molecule has 0 aromatic rings. The molecule has 0 spiro atoms. The molecule has 1 aliphatic rings. The Bertz CT molecular complexity index is 401. The summed E-state index contributed by atoms with van der Waals surface area (Å²) in [6, 6.07) is -1.43. The Hall–Kier alpha value is -1.51. The summed E-state index contributed by atoms with van der Waals surface area (Å²) in [6.45, 7) is 3.64. The Balaban J connectivity index is 2.65. The fourth-order valence-corrected chi connectivity index (χ4v) is 3.64. The first-order valence-corrected chi connectivity index (χ1v) is 7.77. The van der Waals surface area contributed by atoms with E-state index >= 15 is 0 Å². The predicted molar refractivity (Wildman–Crippen MR) is 66.5 cm³/mol. The standard InChI is InChI=1S/C10H18N2O6S/c1-3-17-9(13)11-7-5-19(15,16)6-8(7)12-10(14)18-4-2/h7-8H,3-6H2,1-2H3,(H,11,13)(H,12,14). The zero-order valence-electron chi connectivity index (χ0n) is 10.8. The number of nitrogens with one attached hydrogen (secondary N) is 2. The number of sulfone groups is 1. The highest BCUT2D eigenvalue weighted by Gasteiger charge is 2.39. The van der Waals surface area contributed by atoms with Crippen molar-refractivity contribution in [1.82, 2.24) is 10.6 Å². The molecule has 19 heavy (non-hydrogen) atoms. The van der Waals surface area contributed by atoms with Crippen LogP contribution >= 0.6 is 0 Å². The number of carbonyl (C=O) groups is 2. The third kappa shape index (κ3) is 4.93. The lowest BCUT2D eigenvalue weighted by Gasteiger charge is -2.19. The van der Waals surface area contributed by atoms with Crippen molar-refractivity contribution in [1.29, 1.82) is 0 Å². The summed E-state index contributed by atoms with van der Waals surface area (Å²) in [5, 5.41) is 4.84.